The predicted molar refractivity (Wildman–Crippen MR) is 93.3 cm³/mol. The highest BCUT2D eigenvalue weighted by Gasteiger charge is 2.55. The monoisotopic (exact) mass is 380 g/mol. The molecule has 0 aromatic rings. The third-order valence-corrected chi connectivity index (χ3v) is 4.81. The van der Waals surface area contributed by atoms with Crippen LogP contribution >= 0.6 is 0 Å². The summed E-state index contributed by atoms with van der Waals surface area (Å²) < 4.78 is 4.75. The standard InChI is InChI=1S/C17H24N4O6/c1-3-8-18-15(25)19-12(22)10-27-13(23)9-21-14(24)17(20-16(21)26)7-5-4-6-11(17)2/h3,11H,1,4-10H2,2H3,(H,20,26)(H2,18,19,22,25)/t11-,17-/m1/s1. The molecular formula is C17H24N4O6. The van der Waals surface area contributed by atoms with Gasteiger partial charge in [-0.3, -0.25) is 24.6 Å². The first-order valence-corrected chi connectivity index (χ1v) is 8.78. The van der Waals surface area contributed by atoms with Crippen molar-refractivity contribution < 1.29 is 28.7 Å². The Labute approximate surface area is 156 Å². The number of nitrogens with zero attached hydrogens (tertiary/aromatic N) is 1. The Kier molecular flexibility index (Phi) is 6.54. The van der Waals surface area contributed by atoms with Gasteiger partial charge in [-0.1, -0.05) is 25.8 Å². The average molecular weight is 380 g/mol. The molecule has 1 aliphatic carbocycles. The van der Waals surface area contributed by atoms with E-state index >= 15 is 0 Å². The Balaban J connectivity index is 1.84. The lowest BCUT2D eigenvalue weighted by Gasteiger charge is -2.36. The van der Waals surface area contributed by atoms with Gasteiger partial charge in [-0.2, -0.15) is 0 Å². The van der Waals surface area contributed by atoms with Crippen molar-refractivity contribution in [3.05, 3.63) is 12.7 Å². The molecule has 2 rings (SSSR count). The average Bonchev–Trinajstić information content (AvgIpc) is 2.86. The lowest BCUT2D eigenvalue weighted by atomic mass is 9.73. The Bertz CT molecular complexity index is 664. The maximum Gasteiger partial charge on any atom is 0.326 e. The van der Waals surface area contributed by atoms with Crippen LogP contribution in [0.4, 0.5) is 9.59 Å². The van der Waals surface area contributed by atoms with E-state index in [1.165, 1.54) is 6.08 Å². The molecule has 1 saturated heterocycles. The van der Waals surface area contributed by atoms with E-state index in [0.717, 1.165) is 24.2 Å². The number of esters is 1. The molecule has 10 heteroatoms. The van der Waals surface area contributed by atoms with Gasteiger partial charge in [0.15, 0.2) is 6.61 Å². The summed E-state index contributed by atoms with van der Waals surface area (Å²) >= 11 is 0. The highest BCUT2D eigenvalue weighted by molar-refractivity contribution is 6.09. The van der Waals surface area contributed by atoms with E-state index in [1.807, 2.05) is 12.2 Å². The fourth-order valence-electron chi connectivity index (χ4n) is 3.33. The van der Waals surface area contributed by atoms with Crippen molar-refractivity contribution in [2.45, 2.75) is 38.1 Å². The molecule has 0 bridgehead atoms. The van der Waals surface area contributed by atoms with Crippen LogP contribution in [0.3, 0.4) is 0 Å². The molecule has 2 aliphatic rings. The summed E-state index contributed by atoms with van der Waals surface area (Å²) in [4.78, 5) is 60.4. The highest BCUT2D eigenvalue weighted by Crippen LogP contribution is 2.38. The lowest BCUT2D eigenvalue weighted by molar-refractivity contribution is -0.151. The zero-order chi connectivity index (χ0) is 20.0. The molecule has 1 saturated carbocycles. The van der Waals surface area contributed by atoms with E-state index in [0.29, 0.717) is 6.42 Å². The maximum absolute atomic E-state index is 12.7. The fraction of sp³-hybridized carbons (Fsp3) is 0.588. The first kappa shape index (κ1) is 20.4. The Hall–Kier alpha value is -2.91. The van der Waals surface area contributed by atoms with Gasteiger partial charge >= 0.3 is 18.0 Å². The first-order chi connectivity index (χ1) is 12.8. The van der Waals surface area contributed by atoms with Crippen molar-refractivity contribution in [1.82, 2.24) is 20.9 Å². The third kappa shape index (κ3) is 4.63. The van der Waals surface area contributed by atoms with E-state index < -0.39 is 48.5 Å². The summed E-state index contributed by atoms with van der Waals surface area (Å²) in [6.07, 6.45) is 4.60. The van der Waals surface area contributed by atoms with Gasteiger partial charge in [0.25, 0.3) is 11.8 Å². The quantitative estimate of drug-likeness (QED) is 0.338. The molecule has 27 heavy (non-hydrogen) atoms. The maximum atomic E-state index is 12.7. The molecule has 0 aromatic carbocycles. The van der Waals surface area contributed by atoms with Crippen LogP contribution in [0.1, 0.15) is 32.6 Å². The number of rotatable bonds is 6. The Morgan fingerprint density at radius 3 is 2.78 bits per heavy atom. The number of imide groups is 2. The summed E-state index contributed by atoms with van der Waals surface area (Å²) in [6, 6.07) is -1.39. The summed E-state index contributed by atoms with van der Waals surface area (Å²) in [6.45, 7) is 4.19. The largest absolute Gasteiger partial charge is 0.454 e. The predicted octanol–water partition coefficient (Wildman–Crippen LogP) is 0.0421. The van der Waals surface area contributed by atoms with Crippen LogP contribution in [0.25, 0.3) is 0 Å². The molecule has 10 nitrogen and oxygen atoms in total. The number of hydrogen-bond donors (Lipinski definition) is 3. The lowest BCUT2D eigenvalue weighted by Crippen LogP contribution is -2.54. The second-order valence-electron chi connectivity index (χ2n) is 6.65. The molecule has 3 N–H and O–H groups in total. The number of hydrogen-bond acceptors (Lipinski definition) is 6. The van der Waals surface area contributed by atoms with Gasteiger partial charge in [-0.05, 0) is 18.8 Å². The number of urea groups is 2. The molecule has 1 heterocycles. The van der Waals surface area contributed by atoms with Crippen molar-refractivity contribution in [2.75, 3.05) is 19.7 Å². The second-order valence-corrected chi connectivity index (χ2v) is 6.65. The normalized spacial score (nSPS) is 24.3. The highest BCUT2D eigenvalue weighted by atomic mass is 16.5. The van der Waals surface area contributed by atoms with Gasteiger partial charge in [-0.15, -0.1) is 6.58 Å². The van der Waals surface area contributed by atoms with Crippen LogP contribution in [-0.2, 0) is 19.1 Å². The fourth-order valence-corrected chi connectivity index (χ4v) is 3.33. The van der Waals surface area contributed by atoms with Gasteiger partial charge < -0.3 is 15.4 Å². The van der Waals surface area contributed by atoms with Crippen LogP contribution in [0.2, 0.25) is 0 Å². The second kappa shape index (κ2) is 8.65. The minimum absolute atomic E-state index is 0.0245. The van der Waals surface area contributed by atoms with Crippen LogP contribution in [0, 0.1) is 5.92 Å². The van der Waals surface area contributed by atoms with Gasteiger partial charge in [-0.25, -0.2) is 9.59 Å². The van der Waals surface area contributed by atoms with E-state index in [-0.39, 0.29) is 12.5 Å². The zero-order valence-corrected chi connectivity index (χ0v) is 15.2. The molecule has 0 aromatic heterocycles. The summed E-state index contributed by atoms with van der Waals surface area (Å²) in [5, 5.41) is 7.01. The third-order valence-electron chi connectivity index (χ3n) is 4.81. The minimum Gasteiger partial charge on any atom is -0.454 e. The number of carbonyl (C=O) groups is 5. The van der Waals surface area contributed by atoms with Crippen LogP contribution in [-0.4, -0.2) is 60.0 Å². The molecular weight excluding hydrogens is 356 g/mol. The van der Waals surface area contributed by atoms with Gasteiger partial charge in [0.1, 0.15) is 12.1 Å². The van der Waals surface area contributed by atoms with Crippen molar-refractivity contribution in [3.63, 3.8) is 0 Å². The molecule has 6 amide bonds. The zero-order valence-electron chi connectivity index (χ0n) is 15.2. The topological polar surface area (TPSA) is 134 Å². The summed E-state index contributed by atoms with van der Waals surface area (Å²) in [7, 11) is 0. The first-order valence-electron chi connectivity index (χ1n) is 8.78. The van der Waals surface area contributed by atoms with Gasteiger partial charge in [0, 0.05) is 6.54 Å². The van der Waals surface area contributed by atoms with E-state index in [9.17, 15) is 24.0 Å². The van der Waals surface area contributed by atoms with E-state index in [1.54, 1.807) is 0 Å². The smallest absolute Gasteiger partial charge is 0.326 e. The Morgan fingerprint density at radius 1 is 1.37 bits per heavy atom. The summed E-state index contributed by atoms with van der Waals surface area (Å²) in [5.74, 6) is -2.21. The molecule has 1 spiro atoms. The molecule has 0 unspecified atom stereocenters. The van der Waals surface area contributed by atoms with Crippen LogP contribution in [0.5, 0.6) is 0 Å². The molecule has 2 fully saturated rings. The number of nitrogens with one attached hydrogen (secondary N) is 3. The van der Waals surface area contributed by atoms with Crippen molar-refractivity contribution in [1.29, 1.82) is 0 Å². The van der Waals surface area contributed by atoms with Crippen molar-refractivity contribution in [2.24, 2.45) is 5.92 Å². The van der Waals surface area contributed by atoms with Gasteiger partial charge in [0.05, 0.1) is 0 Å². The molecule has 0 radical (unpaired) electrons. The van der Waals surface area contributed by atoms with Crippen molar-refractivity contribution >= 4 is 29.8 Å². The van der Waals surface area contributed by atoms with Crippen molar-refractivity contribution in [3.8, 4) is 0 Å². The van der Waals surface area contributed by atoms with Crippen LogP contribution in [0.15, 0.2) is 12.7 Å². The number of ether oxygens (including phenoxy) is 1. The summed E-state index contributed by atoms with van der Waals surface area (Å²) in [5.41, 5.74) is -0.962. The Morgan fingerprint density at radius 2 is 2.11 bits per heavy atom. The SMILES string of the molecule is C=CCNC(=O)NC(=O)COC(=O)CN1C(=O)N[C@@]2(CCCC[C@H]2C)C1=O. The van der Waals surface area contributed by atoms with Gasteiger partial charge in [0.2, 0.25) is 0 Å². The number of amides is 6. The van der Waals surface area contributed by atoms with E-state index in [2.05, 4.69) is 17.2 Å². The molecule has 1 aliphatic heterocycles. The minimum atomic E-state index is -0.962. The molecule has 2 atom stereocenters. The number of carbonyl (C=O) groups excluding carboxylic acids is 5. The molecule has 148 valence electrons. The van der Waals surface area contributed by atoms with Crippen LogP contribution < -0.4 is 16.0 Å². The van der Waals surface area contributed by atoms with E-state index in [4.69, 9.17) is 4.74 Å².